The maximum absolute atomic E-state index is 9.38. The van der Waals surface area contributed by atoms with Crippen LogP contribution in [0, 0.1) is 6.92 Å². The molecule has 1 N–H and O–H groups in total. The van der Waals surface area contributed by atoms with Gasteiger partial charge in [-0.15, -0.1) is 0 Å². The van der Waals surface area contributed by atoms with E-state index in [9.17, 15) is 5.11 Å². The monoisotopic (exact) mass is 204 g/mol. The molecular formula is C12H16N2O. The lowest BCUT2D eigenvalue weighted by atomic mass is 10.1. The molecule has 0 radical (unpaired) electrons. The Morgan fingerprint density at radius 1 is 1.40 bits per heavy atom. The maximum atomic E-state index is 9.38. The number of aryl methyl sites for hydroxylation is 1. The third kappa shape index (κ3) is 1.63. The van der Waals surface area contributed by atoms with Gasteiger partial charge in [0, 0.05) is 6.20 Å². The second kappa shape index (κ2) is 3.66. The summed E-state index contributed by atoms with van der Waals surface area (Å²) in [4.78, 5) is 4.53. The highest BCUT2D eigenvalue weighted by atomic mass is 16.3. The summed E-state index contributed by atoms with van der Waals surface area (Å²) in [5, 5.41) is 9.38. The molecule has 2 rings (SSSR count). The highest BCUT2D eigenvalue weighted by molar-refractivity contribution is 5.45. The van der Waals surface area contributed by atoms with E-state index in [4.69, 9.17) is 0 Å². The van der Waals surface area contributed by atoms with E-state index in [-0.39, 0.29) is 6.61 Å². The minimum absolute atomic E-state index is 0.0398. The molecule has 0 amide bonds. The number of hydrogen-bond acceptors (Lipinski definition) is 2. The van der Waals surface area contributed by atoms with Crippen LogP contribution in [0.5, 0.6) is 0 Å². The van der Waals surface area contributed by atoms with Gasteiger partial charge in [-0.2, -0.15) is 0 Å². The van der Waals surface area contributed by atoms with E-state index in [1.807, 2.05) is 29.7 Å². The minimum Gasteiger partial charge on any atom is -0.390 e. The molecule has 0 aromatic carbocycles. The summed E-state index contributed by atoms with van der Waals surface area (Å²) < 4.78 is 1.98. The predicted molar refractivity (Wildman–Crippen MR) is 59.9 cm³/mol. The van der Waals surface area contributed by atoms with Crippen molar-refractivity contribution in [3.05, 3.63) is 35.3 Å². The van der Waals surface area contributed by atoms with Crippen LogP contribution in [0.1, 0.15) is 36.7 Å². The third-order valence-corrected chi connectivity index (χ3v) is 2.59. The van der Waals surface area contributed by atoms with Crippen LogP contribution in [0.3, 0.4) is 0 Å². The van der Waals surface area contributed by atoms with Gasteiger partial charge in [-0.25, -0.2) is 4.98 Å². The number of aliphatic hydroxyl groups is 1. The first-order valence-electron chi connectivity index (χ1n) is 5.22. The SMILES string of the molecule is Cc1ccc2nc(C(C)C)c(CO)n2c1. The molecule has 0 fully saturated rings. The topological polar surface area (TPSA) is 37.5 Å². The van der Waals surface area contributed by atoms with Crippen molar-refractivity contribution in [1.29, 1.82) is 0 Å². The lowest BCUT2D eigenvalue weighted by Gasteiger charge is -2.04. The van der Waals surface area contributed by atoms with Crippen LogP contribution in [0.25, 0.3) is 5.65 Å². The number of rotatable bonds is 2. The normalized spacial score (nSPS) is 11.5. The average Bonchev–Trinajstić information content (AvgIpc) is 2.55. The van der Waals surface area contributed by atoms with Crippen molar-refractivity contribution < 1.29 is 5.11 Å². The molecule has 3 nitrogen and oxygen atoms in total. The Bertz CT molecular complexity index is 486. The number of imidazole rings is 1. The van der Waals surface area contributed by atoms with E-state index < -0.39 is 0 Å². The van der Waals surface area contributed by atoms with E-state index in [1.54, 1.807) is 0 Å². The van der Waals surface area contributed by atoms with Crippen molar-refractivity contribution in [2.75, 3.05) is 0 Å². The van der Waals surface area contributed by atoms with Crippen LogP contribution in [-0.4, -0.2) is 14.5 Å². The lowest BCUT2D eigenvalue weighted by Crippen LogP contribution is -1.98. The van der Waals surface area contributed by atoms with Crippen LogP contribution < -0.4 is 0 Å². The van der Waals surface area contributed by atoms with Crippen LogP contribution in [0.4, 0.5) is 0 Å². The number of aliphatic hydroxyl groups excluding tert-OH is 1. The Labute approximate surface area is 89.4 Å². The first kappa shape index (κ1) is 10.2. The van der Waals surface area contributed by atoms with Gasteiger partial charge in [-0.05, 0) is 24.5 Å². The highest BCUT2D eigenvalue weighted by Gasteiger charge is 2.13. The molecular weight excluding hydrogens is 188 g/mol. The fraction of sp³-hybridized carbons (Fsp3) is 0.417. The van der Waals surface area contributed by atoms with Crippen LogP contribution in [-0.2, 0) is 6.61 Å². The molecule has 2 aromatic heterocycles. The summed E-state index contributed by atoms with van der Waals surface area (Å²) in [7, 11) is 0. The van der Waals surface area contributed by atoms with Gasteiger partial charge < -0.3 is 9.51 Å². The largest absolute Gasteiger partial charge is 0.390 e. The standard InChI is InChI=1S/C12H16N2O/c1-8(2)12-10(7-15)14-6-9(3)4-5-11(14)13-12/h4-6,8,15H,7H2,1-3H3. The van der Waals surface area contributed by atoms with Crippen LogP contribution >= 0.6 is 0 Å². The van der Waals surface area contributed by atoms with Crippen molar-refractivity contribution >= 4 is 5.65 Å². The second-order valence-corrected chi connectivity index (χ2v) is 4.19. The average molecular weight is 204 g/mol. The molecule has 3 heteroatoms. The van der Waals surface area contributed by atoms with Crippen molar-refractivity contribution in [2.45, 2.75) is 33.3 Å². The third-order valence-electron chi connectivity index (χ3n) is 2.59. The molecule has 2 heterocycles. The van der Waals surface area contributed by atoms with Gasteiger partial charge in [0.05, 0.1) is 18.0 Å². The number of pyridine rings is 1. The van der Waals surface area contributed by atoms with E-state index in [0.29, 0.717) is 5.92 Å². The van der Waals surface area contributed by atoms with E-state index in [0.717, 1.165) is 17.0 Å². The lowest BCUT2D eigenvalue weighted by molar-refractivity contribution is 0.274. The zero-order valence-corrected chi connectivity index (χ0v) is 9.36. The van der Waals surface area contributed by atoms with E-state index in [2.05, 4.69) is 18.8 Å². The van der Waals surface area contributed by atoms with Gasteiger partial charge in [0.15, 0.2) is 0 Å². The molecule has 0 unspecified atom stereocenters. The molecule has 0 spiro atoms. The molecule has 0 aliphatic carbocycles. The fourth-order valence-corrected chi connectivity index (χ4v) is 1.84. The first-order valence-corrected chi connectivity index (χ1v) is 5.22. The van der Waals surface area contributed by atoms with Gasteiger partial charge in [0.2, 0.25) is 0 Å². The molecule has 0 aliphatic heterocycles. The number of nitrogens with zero attached hydrogens (tertiary/aromatic N) is 2. The molecule has 80 valence electrons. The van der Waals surface area contributed by atoms with Gasteiger partial charge in [0.25, 0.3) is 0 Å². The highest BCUT2D eigenvalue weighted by Crippen LogP contribution is 2.21. The summed E-state index contributed by atoms with van der Waals surface area (Å²) in [5.41, 5.74) is 3.98. The first-order chi connectivity index (χ1) is 7.13. The molecule has 2 aromatic rings. The second-order valence-electron chi connectivity index (χ2n) is 4.19. The summed E-state index contributed by atoms with van der Waals surface area (Å²) in [6.07, 6.45) is 2.01. The number of fused-ring (bicyclic) bond motifs is 1. The molecule has 0 aliphatic rings. The van der Waals surface area contributed by atoms with Crippen molar-refractivity contribution in [2.24, 2.45) is 0 Å². The Morgan fingerprint density at radius 2 is 2.13 bits per heavy atom. The molecule has 15 heavy (non-hydrogen) atoms. The quantitative estimate of drug-likeness (QED) is 0.814. The maximum Gasteiger partial charge on any atom is 0.137 e. The van der Waals surface area contributed by atoms with Crippen LogP contribution in [0.2, 0.25) is 0 Å². The number of hydrogen-bond donors (Lipinski definition) is 1. The Kier molecular flexibility index (Phi) is 2.49. The minimum atomic E-state index is 0.0398. The zero-order valence-electron chi connectivity index (χ0n) is 9.36. The number of aromatic nitrogens is 2. The van der Waals surface area contributed by atoms with Crippen molar-refractivity contribution in [3.8, 4) is 0 Å². The van der Waals surface area contributed by atoms with Gasteiger partial charge in [-0.3, -0.25) is 0 Å². The zero-order chi connectivity index (χ0) is 11.0. The summed E-state index contributed by atoms with van der Waals surface area (Å²) in [5.74, 6) is 0.340. The summed E-state index contributed by atoms with van der Waals surface area (Å²) >= 11 is 0. The van der Waals surface area contributed by atoms with Gasteiger partial charge in [-0.1, -0.05) is 19.9 Å². The van der Waals surface area contributed by atoms with Crippen molar-refractivity contribution in [3.63, 3.8) is 0 Å². The van der Waals surface area contributed by atoms with Gasteiger partial charge >= 0.3 is 0 Å². The predicted octanol–water partition coefficient (Wildman–Crippen LogP) is 2.26. The molecule has 0 saturated heterocycles. The Balaban J connectivity index is 2.74. The fourth-order valence-electron chi connectivity index (χ4n) is 1.84. The Hall–Kier alpha value is -1.35. The summed E-state index contributed by atoms with van der Waals surface area (Å²) in [6, 6.07) is 4.02. The van der Waals surface area contributed by atoms with Crippen LogP contribution in [0.15, 0.2) is 18.3 Å². The van der Waals surface area contributed by atoms with E-state index in [1.165, 1.54) is 5.56 Å². The molecule has 0 atom stereocenters. The molecule has 0 bridgehead atoms. The Morgan fingerprint density at radius 3 is 2.73 bits per heavy atom. The van der Waals surface area contributed by atoms with Crippen molar-refractivity contribution in [1.82, 2.24) is 9.38 Å². The summed E-state index contributed by atoms with van der Waals surface area (Å²) in [6.45, 7) is 6.26. The van der Waals surface area contributed by atoms with Gasteiger partial charge in [0.1, 0.15) is 5.65 Å². The smallest absolute Gasteiger partial charge is 0.137 e. The van der Waals surface area contributed by atoms with E-state index >= 15 is 0 Å². The molecule has 0 saturated carbocycles.